The van der Waals surface area contributed by atoms with Gasteiger partial charge >= 0.3 is 6.09 Å². The van der Waals surface area contributed by atoms with Gasteiger partial charge in [0, 0.05) is 55.8 Å². The number of fused-ring (bicyclic) bond motifs is 1. The first-order valence-corrected chi connectivity index (χ1v) is 14.7. The van der Waals surface area contributed by atoms with E-state index in [1.807, 2.05) is 63.1 Å². The van der Waals surface area contributed by atoms with Crippen LogP contribution in [0.4, 0.5) is 15.0 Å². The molecule has 2 fully saturated rings. The number of aryl methyl sites for hydroxylation is 1. The highest BCUT2D eigenvalue weighted by Gasteiger charge is 2.31. The van der Waals surface area contributed by atoms with E-state index in [4.69, 9.17) is 9.72 Å². The van der Waals surface area contributed by atoms with Crippen LogP contribution in [0.1, 0.15) is 49.5 Å². The van der Waals surface area contributed by atoms with E-state index in [0.29, 0.717) is 54.4 Å². The predicted molar refractivity (Wildman–Crippen MR) is 165 cm³/mol. The number of nitriles is 1. The van der Waals surface area contributed by atoms with E-state index in [1.165, 1.54) is 12.1 Å². The second-order valence-corrected chi connectivity index (χ2v) is 12.3. The Kier molecular flexibility index (Phi) is 7.45. The fourth-order valence-corrected chi connectivity index (χ4v) is 5.35. The van der Waals surface area contributed by atoms with Crippen molar-refractivity contribution in [1.29, 1.82) is 5.26 Å². The highest BCUT2D eigenvalue weighted by atomic mass is 19.1. The number of hydrogen-bond acceptors (Lipinski definition) is 7. The largest absolute Gasteiger partial charge is 0.444 e. The van der Waals surface area contributed by atoms with Gasteiger partial charge in [-0.15, -0.1) is 0 Å². The van der Waals surface area contributed by atoms with Crippen LogP contribution < -0.4 is 10.2 Å². The lowest BCUT2D eigenvalue weighted by molar-refractivity contribution is 0.0240. The number of carbonyl (C=O) groups is 2. The van der Waals surface area contributed by atoms with Crippen molar-refractivity contribution >= 4 is 28.7 Å². The number of hydrogen-bond donors (Lipinski definition) is 1. The maximum absolute atomic E-state index is 14.9. The third-order valence-electron chi connectivity index (χ3n) is 7.81. The summed E-state index contributed by atoms with van der Waals surface area (Å²) in [5, 5.41) is 17.7. The molecule has 44 heavy (non-hydrogen) atoms. The van der Waals surface area contributed by atoms with Crippen molar-refractivity contribution in [2.24, 2.45) is 7.05 Å². The maximum atomic E-state index is 14.9. The number of rotatable bonds is 5. The minimum Gasteiger partial charge on any atom is -0.444 e. The quantitative estimate of drug-likeness (QED) is 0.335. The molecule has 2 amide bonds. The number of benzene rings is 2. The zero-order chi connectivity index (χ0) is 31.2. The van der Waals surface area contributed by atoms with Gasteiger partial charge in [0.2, 0.25) is 0 Å². The van der Waals surface area contributed by atoms with Crippen molar-refractivity contribution in [2.75, 3.05) is 31.1 Å². The van der Waals surface area contributed by atoms with E-state index in [0.717, 1.165) is 29.3 Å². The number of amides is 2. The highest BCUT2D eigenvalue weighted by molar-refractivity contribution is 6.02. The zero-order valence-electron chi connectivity index (χ0n) is 25.2. The van der Waals surface area contributed by atoms with Gasteiger partial charge in [0.15, 0.2) is 0 Å². The van der Waals surface area contributed by atoms with Crippen LogP contribution >= 0.6 is 0 Å². The molecule has 11 heteroatoms. The lowest BCUT2D eigenvalue weighted by Crippen LogP contribution is -2.50. The number of anilines is 1. The van der Waals surface area contributed by atoms with Gasteiger partial charge < -0.3 is 19.9 Å². The van der Waals surface area contributed by atoms with Crippen molar-refractivity contribution < 1.29 is 18.7 Å². The Bertz CT molecular complexity index is 1810. The number of pyridine rings is 1. The first-order valence-electron chi connectivity index (χ1n) is 14.7. The Morgan fingerprint density at radius 3 is 2.43 bits per heavy atom. The molecule has 1 saturated heterocycles. The molecular formula is C33H34FN7O3. The molecule has 1 saturated carbocycles. The van der Waals surface area contributed by atoms with Gasteiger partial charge in [-0.3, -0.25) is 9.48 Å². The Balaban J connectivity index is 1.46. The third-order valence-corrected chi connectivity index (χ3v) is 7.81. The molecule has 2 aromatic carbocycles. The van der Waals surface area contributed by atoms with Crippen molar-refractivity contribution in [3.63, 3.8) is 0 Å². The molecule has 0 spiro atoms. The normalized spacial score (nSPS) is 15.3. The second kappa shape index (κ2) is 11.3. The molecule has 226 valence electrons. The summed E-state index contributed by atoms with van der Waals surface area (Å²) < 4.78 is 22.3. The molecule has 1 aliphatic carbocycles. The van der Waals surface area contributed by atoms with Gasteiger partial charge in [0.05, 0.1) is 28.5 Å². The lowest BCUT2D eigenvalue weighted by atomic mass is 9.95. The summed E-state index contributed by atoms with van der Waals surface area (Å²) in [5.74, 6) is -0.424. The van der Waals surface area contributed by atoms with E-state index in [-0.39, 0.29) is 23.6 Å². The van der Waals surface area contributed by atoms with Crippen LogP contribution in [0.15, 0.2) is 48.7 Å². The molecule has 2 aromatic heterocycles. The fourth-order valence-electron chi connectivity index (χ4n) is 5.35. The van der Waals surface area contributed by atoms with Crippen molar-refractivity contribution in [2.45, 2.75) is 45.3 Å². The summed E-state index contributed by atoms with van der Waals surface area (Å²) in [4.78, 5) is 35.1. The van der Waals surface area contributed by atoms with Crippen molar-refractivity contribution in [1.82, 2.24) is 25.0 Å². The molecule has 3 heterocycles. The van der Waals surface area contributed by atoms with E-state index in [9.17, 15) is 19.2 Å². The van der Waals surface area contributed by atoms with Gasteiger partial charge in [0.25, 0.3) is 5.91 Å². The minimum atomic E-state index is -0.650. The average Bonchev–Trinajstić information content (AvgIpc) is 3.74. The van der Waals surface area contributed by atoms with Gasteiger partial charge in [0.1, 0.15) is 23.3 Å². The predicted octanol–water partition coefficient (Wildman–Crippen LogP) is 5.26. The monoisotopic (exact) mass is 595 g/mol. The van der Waals surface area contributed by atoms with Crippen LogP contribution in [0.25, 0.3) is 33.3 Å². The van der Waals surface area contributed by atoms with E-state index >= 15 is 0 Å². The van der Waals surface area contributed by atoms with E-state index in [2.05, 4.69) is 10.4 Å². The van der Waals surface area contributed by atoms with E-state index in [1.54, 1.807) is 21.8 Å². The zero-order valence-corrected chi connectivity index (χ0v) is 25.2. The first kappa shape index (κ1) is 29.1. The topological polar surface area (TPSA) is 116 Å². The molecule has 1 aliphatic heterocycles. The smallest absolute Gasteiger partial charge is 0.410 e. The molecule has 0 unspecified atom stereocenters. The Morgan fingerprint density at radius 2 is 1.77 bits per heavy atom. The molecule has 1 N–H and O–H groups in total. The second-order valence-electron chi connectivity index (χ2n) is 12.3. The Labute approximate surface area is 255 Å². The maximum Gasteiger partial charge on any atom is 0.410 e. The fraction of sp³-hybridized carbons (Fsp3) is 0.364. The van der Waals surface area contributed by atoms with Crippen LogP contribution in [0.5, 0.6) is 0 Å². The average molecular weight is 596 g/mol. The SMILES string of the molecule is Cn1ncc2cc(-c3cc(C(=O)NC4CC4)c(N4CCN(C(=O)OC(C)(C)C)CC4)nc3-c3ccc(C#N)c(F)c3)ccc21. The molecule has 0 radical (unpaired) electrons. The van der Waals surface area contributed by atoms with Crippen molar-refractivity contribution in [3.8, 4) is 28.5 Å². The number of nitrogens with one attached hydrogen (secondary N) is 1. The summed E-state index contributed by atoms with van der Waals surface area (Å²) >= 11 is 0. The first-order chi connectivity index (χ1) is 21.0. The highest BCUT2D eigenvalue weighted by Crippen LogP contribution is 2.37. The molecule has 10 nitrogen and oxygen atoms in total. The van der Waals surface area contributed by atoms with Gasteiger partial charge in [-0.2, -0.15) is 10.4 Å². The summed E-state index contributed by atoms with van der Waals surface area (Å²) in [6, 6.07) is 14.1. The van der Waals surface area contributed by atoms with Crippen LogP contribution in [0, 0.1) is 17.1 Å². The van der Waals surface area contributed by atoms with Gasteiger partial charge in [-0.25, -0.2) is 14.2 Å². The number of ether oxygens (including phenoxy) is 1. The molecule has 0 bridgehead atoms. The number of carbonyl (C=O) groups excluding carboxylic acids is 2. The third kappa shape index (κ3) is 5.93. The molecule has 2 aliphatic rings. The number of piperazine rings is 1. The minimum absolute atomic E-state index is 0.0639. The number of aromatic nitrogens is 3. The molecular weight excluding hydrogens is 561 g/mol. The standard InChI is InChI=1S/C33H34FN7O3/c1-33(2,3)44-32(43)41-13-11-40(12-14-41)30-26(31(42)37-24-8-9-24)17-25(20-7-10-28-23(15-20)19-36-39(28)4)29(38-30)21-5-6-22(18-35)27(34)16-21/h5-7,10,15-17,19,24H,8-9,11-14H2,1-4H3,(H,37,42). The van der Waals surface area contributed by atoms with E-state index < -0.39 is 11.4 Å². The molecule has 4 aromatic rings. The van der Waals surface area contributed by atoms with Crippen LogP contribution in [0.2, 0.25) is 0 Å². The number of nitrogens with zero attached hydrogens (tertiary/aromatic N) is 6. The summed E-state index contributed by atoms with van der Waals surface area (Å²) in [6.45, 7) is 7.13. The number of halogens is 1. The van der Waals surface area contributed by atoms with Crippen LogP contribution in [0.3, 0.4) is 0 Å². The van der Waals surface area contributed by atoms with Gasteiger partial charge in [-0.1, -0.05) is 12.1 Å². The Morgan fingerprint density at radius 1 is 1.05 bits per heavy atom. The Hall–Kier alpha value is -4.98. The van der Waals surface area contributed by atoms with Gasteiger partial charge in [-0.05, 0) is 69.5 Å². The molecule has 0 atom stereocenters. The van der Waals surface area contributed by atoms with Crippen molar-refractivity contribution in [3.05, 3.63) is 65.6 Å². The summed E-state index contributed by atoms with van der Waals surface area (Å²) in [7, 11) is 1.87. The lowest BCUT2D eigenvalue weighted by Gasteiger charge is -2.37. The van der Waals surface area contributed by atoms with Crippen LogP contribution in [-0.4, -0.2) is 69.5 Å². The molecule has 6 rings (SSSR count). The summed E-state index contributed by atoms with van der Waals surface area (Å²) in [6.07, 6.45) is 3.24. The van der Waals surface area contributed by atoms with Crippen LogP contribution in [-0.2, 0) is 11.8 Å². The summed E-state index contributed by atoms with van der Waals surface area (Å²) in [5.41, 5.74) is 3.07.